The number of aromatic amines is 1. The van der Waals surface area contributed by atoms with E-state index in [-0.39, 0.29) is 0 Å². The average molecular weight is 285 g/mol. The van der Waals surface area contributed by atoms with Gasteiger partial charge in [-0.15, -0.1) is 0 Å². The fraction of sp³-hybridized carbons (Fsp3) is 0.375. The van der Waals surface area contributed by atoms with Crippen LogP contribution in [-0.2, 0) is 6.54 Å². The molecule has 1 atom stereocenters. The molecule has 0 fully saturated rings. The molecule has 112 valence electrons. The summed E-state index contributed by atoms with van der Waals surface area (Å²) in [6, 6.07) is 10.6. The Morgan fingerprint density at radius 2 is 2.10 bits per heavy atom. The molecule has 2 aromatic rings. The fourth-order valence-corrected chi connectivity index (χ4v) is 1.91. The van der Waals surface area contributed by atoms with Crippen LogP contribution in [0, 0.1) is 0 Å². The third-order valence-corrected chi connectivity index (χ3v) is 3.36. The lowest BCUT2D eigenvalue weighted by Gasteiger charge is -2.15. The van der Waals surface area contributed by atoms with Crippen molar-refractivity contribution >= 4 is 5.96 Å². The van der Waals surface area contributed by atoms with Crippen molar-refractivity contribution in [1.82, 2.24) is 20.6 Å². The molecule has 1 aromatic heterocycles. The largest absolute Gasteiger partial charge is 0.354 e. The van der Waals surface area contributed by atoms with Crippen molar-refractivity contribution in [3.8, 4) is 11.3 Å². The highest BCUT2D eigenvalue weighted by Gasteiger charge is 2.05. The Balaban J connectivity index is 1.94. The molecule has 0 saturated carbocycles. The first-order valence-electron chi connectivity index (χ1n) is 7.29. The number of hydrogen-bond donors (Lipinski definition) is 3. The number of hydrogen-bond acceptors (Lipinski definition) is 2. The second kappa shape index (κ2) is 7.47. The molecule has 0 saturated heterocycles. The Bertz CT molecular complexity index is 573. The van der Waals surface area contributed by atoms with Crippen LogP contribution in [0.25, 0.3) is 11.3 Å². The average Bonchev–Trinajstić information content (AvgIpc) is 3.01. The molecule has 0 bridgehead atoms. The summed E-state index contributed by atoms with van der Waals surface area (Å²) in [6.45, 7) is 4.89. The van der Waals surface area contributed by atoms with Gasteiger partial charge >= 0.3 is 0 Å². The number of imidazole rings is 1. The van der Waals surface area contributed by atoms with E-state index in [4.69, 9.17) is 0 Å². The van der Waals surface area contributed by atoms with Crippen LogP contribution in [0.2, 0.25) is 0 Å². The van der Waals surface area contributed by atoms with Crippen molar-refractivity contribution in [2.75, 3.05) is 7.05 Å². The topological polar surface area (TPSA) is 65.1 Å². The standard InChI is InChI=1S/C16H23N5/c1-4-12(2)20-16(17-3)19-11-15-18-10-14(21-15)13-8-6-5-7-9-13/h5-10,12H,4,11H2,1-3H3,(H,18,21)(H2,17,19,20). The summed E-state index contributed by atoms with van der Waals surface area (Å²) < 4.78 is 0. The van der Waals surface area contributed by atoms with Gasteiger partial charge in [0.15, 0.2) is 5.96 Å². The van der Waals surface area contributed by atoms with E-state index in [2.05, 4.69) is 51.6 Å². The van der Waals surface area contributed by atoms with Gasteiger partial charge in [-0.1, -0.05) is 37.3 Å². The minimum Gasteiger partial charge on any atom is -0.354 e. The second-order valence-electron chi connectivity index (χ2n) is 4.99. The van der Waals surface area contributed by atoms with Gasteiger partial charge in [0.25, 0.3) is 0 Å². The third kappa shape index (κ3) is 4.34. The predicted octanol–water partition coefficient (Wildman–Crippen LogP) is 2.54. The first-order chi connectivity index (χ1) is 10.2. The van der Waals surface area contributed by atoms with E-state index in [0.717, 1.165) is 29.5 Å². The summed E-state index contributed by atoms with van der Waals surface area (Å²) in [5.41, 5.74) is 2.16. The van der Waals surface area contributed by atoms with Gasteiger partial charge in [-0.2, -0.15) is 0 Å². The molecule has 0 aliphatic heterocycles. The van der Waals surface area contributed by atoms with Gasteiger partial charge in [0.2, 0.25) is 0 Å². The Morgan fingerprint density at radius 1 is 1.33 bits per heavy atom. The van der Waals surface area contributed by atoms with Crippen LogP contribution in [0.4, 0.5) is 0 Å². The van der Waals surface area contributed by atoms with Gasteiger partial charge in [-0.25, -0.2) is 4.98 Å². The smallest absolute Gasteiger partial charge is 0.191 e. The van der Waals surface area contributed by atoms with Crippen LogP contribution in [0.15, 0.2) is 41.5 Å². The highest BCUT2D eigenvalue weighted by Crippen LogP contribution is 2.15. The molecule has 1 unspecified atom stereocenters. The quantitative estimate of drug-likeness (QED) is 0.584. The second-order valence-corrected chi connectivity index (χ2v) is 4.99. The van der Waals surface area contributed by atoms with Crippen molar-refractivity contribution in [2.45, 2.75) is 32.9 Å². The maximum atomic E-state index is 4.40. The molecule has 3 N–H and O–H groups in total. The van der Waals surface area contributed by atoms with Gasteiger partial charge < -0.3 is 15.6 Å². The van der Waals surface area contributed by atoms with Crippen molar-refractivity contribution in [3.63, 3.8) is 0 Å². The predicted molar refractivity (Wildman–Crippen MR) is 87.1 cm³/mol. The zero-order valence-electron chi connectivity index (χ0n) is 12.9. The number of nitrogens with zero attached hydrogens (tertiary/aromatic N) is 2. The van der Waals surface area contributed by atoms with Crippen LogP contribution >= 0.6 is 0 Å². The monoisotopic (exact) mass is 285 g/mol. The number of H-pyrrole nitrogens is 1. The number of benzene rings is 1. The number of aromatic nitrogens is 2. The van der Waals surface area contributed by atoms with Crippen molar-refractivity contribution in [1.29, 1.82) is 0 Å². The molecule has 1 heterocycles. The summed E-state index contributed by atoms with van der Waals surface area (Å²) in [6.07, 6.45) is 2.91. The van der Waals surface area contributed by atoms with Crippen LogP contribution in [0.3, 0.4) is 0 Å². The minimum atomic E-state index is 0.396. The highest BCUT2D eigenvalue weighted by atomic mass is 15.2. The normalized spacial score (nSPS) is 13.0. The van der Waals surface area contributed by atoms with Crippen LogP contribution in [0.1, 0.15) is 26.1 Å². The molecule has 2 rings (SSSR count). The first kappa shape index (κ1) is 15.1. The molecular weight excluding hydrogens is 262 g/mol. The summed E-state index contributed by atoms with van der Waals surface area (Å²) in [5.74, 6) is 1.68. The van der Waals surface area contributed by atoms with Crippen molar-refractivity contribution in [3.05, 3.63) is 42.4 Å². The summed E-state index contributed by atoms with van der Waals surface area (Å²) in [7, 11) is 1.77. The SMILES string of the molecule is CCC(C)NC(=NC)NCc1ncc(-c2ccccc2)[nH]1. The maximum Gasteiger partial charge on any atom is 0.191 e. The molecule has 0 aliphatic carbocycles. The minimum absolute atomic E-state index is 0.396. The summed E-state index contributed by atoms with van der Waals surface area (Å²) in [4.78, 5) is 11.9. The van der Waals surface area contributed by atoms with Crippen LogP contribution in [0.5, 0.6) is 0 Å². The van der Waals surface area contributed by atoms with E-state index < -0.39 is 0 Å². The van der Waals surface area contributed by atoms with Crippen molar-refractivity contribution in [2.24, 2.45) is 4.99 Å². The zero-order chi connectivity index (χ0) is 15.1. The molecule has 0 amide bonds. The van der Waals surface area contributed by atoms with E-state index in [9.17, 15) is 0 Å². The summed E-state index contributed by atoms with van der Waals surface area (Å²) in [5, 5.41) is 6.58. The molecule has 21 heavy (non-hydrogen) atoms. The number of aliphatic imine (C=N–C) groups is 1. The maximum absolute atomic E-state index is 4.40. The molecule has 5 heteroatoms. The molecule has 0 spiro atoms. The number of guanidine groups is 1. The fourth-order valence-electron chi connectivity index (χ4n) is 1.91. The lowest BCUT2D eigenvalue weighted by molar-refractivity contribution is 0.622. The highest BCUT2D eigenvalue weighted by molar-refractivity contribution is 5.79. The molecule has 5 nitrogen and oxygen atoms in total. The summed E-state index contributed by atoms with van der Waals surface area (Å²) >= 11 is 0. The Kier molecular flexibility index (Phi) is 5.37. The van der Waals surface area contributed by atoms with Gasteiger partial charge in [0.1, 0.15) is 5.82 Å². The Labute approximate surface area is 125 Å². The lowest BCUT2D eigenvalue weighted by atomic mass is 10.2. The zero-order valence-corrected chi connectivity index (χ0v) is 12.9. The van der Waals surface area contributed by atoms with E-state index in [1.807, 2.05) is 24.4 Å². The van der Waals surface area contributed by atoms with Gasteiger partial charge in [-0.3, -0.25) is 4.99 Å². The van der Waals surface area contributed by atoms with Crippen molar-refractivity contribution < 1.29 is 0 Å². The first-order valence-corrected chi connectivity index (χ1v) is 7.29. The van der Waals surface area contributed by atoms with Gasteiger partial charge in [0.05, 0.1) is 18.4 Å². The van der Waals surface area contributed by atoms with Crippen LogP contribution < -0.4 is 10.6 Å². The third-order valence-electron chi connectivity index (χ3n) is 3.36. The van der Waals surface area contributed by atoms with E-state index in [1.165, 1.54) is 0 Å². The molecule has 0 radical (unpaired) electrons. The number of nitrogens with one attached hydrogen (secondary N) is 3. The number of rotatable bonds is 5. The molecule has 0 aliphatic rings. The lowest BCUT2D eigenvalue weighted by Crippen LogP contribution is -2.41. The van der Waals surface area contributed by atoms with E-state index in [0.29, 0.717) is 12.6 Å². The Hall–Kier alpha value is -2.30. The van der Waals surface area contributed by atoms with Gasteiger partial charge in [0, 0.05) is 13.1 Å². The Morgan fingerprint density at radius 3 is 2.76 bits per heavy atom. The van der Waals surface area contributed by atoms with E-state index >= 15 is 0 Å². The van der Waals surface area contributed by atoms with E-state index in [1.54, 1.807) is 7.05 Å². The molecular formula is C16H23N5. The van der Waals surface area contributed by atoms with Crippen LogP contribution in [-0.4, -0.2) is 29.0 Å². The van der Waals surface area contributed by atoms with Gasteiger partial charge in [-0.05, 0) is 18.9 Å². The molecule has 1 aromatic carbocycles.